The third kappa shape index (κ3) is 8.14. The third-order valence-electron chi connectivity index (χ3n) is 6.73. The third-order valence-corrected chi connectivity index (χ3v) is 6.73. The van der Waals surface area contributed by atoms with Crippen LogP contribution in [0.4, 0.5) is 4.39 Å². The number of likely N-dealkylation sites (tertiary alicyclic amines) is 1. The monoisotopic (exact) mass is 530 g/mol. The van der Waals surface area contributed by atoms with Crippen LogP contribution in [0.5, 0.6) is 0 Å². The second-order valence-corrected chi connectivity index (χ2v) is 9.49. The van der Waals surface area contributed by atoms with E-state index in [4.69, 9.17) is 5.73 Å². The molecule has 4 aromatic rings. The van der Waals surface area contributed by atoms with Crippen LogP contribution < -0.4 is 45.6 Å². The summed E-state index contributed by atoms with van der Waals surface area (Å²) in [6, 6.07) is 23.8. The van der Waals surface area contributed by atoms with Gasteiger partial charge in [0.1, 0.15) is 0 Å². The van der Waals surface area contributed by atoms with Gasteiger partial charge in [-0.15, -0.1) is 9.78 Å². The molecular weight excluding hydrogens is 496 g/mol. The summed E-state index contributed by atoms with van der Waals surface area (Å²) in [6.45, 7) is 12.3. The first-order valence-electron chi connectivity index (χ1n) is 12.9. The Hall–Kier alpha value is -3.21. The maximum Gasteiger partial charge on any atom is 1.00 e. The number of nitrogens with zero attached hydrogens (tertiary/aromatic N) is 3. The van der Waals surface area contributed by atoms with Gasteiger partial charge in [-0.25, -0.2) is 0 Å². The van der Waals surface area contributed by atoms with E-state index in [1.54, 1.807) is 19.1 Å². The van der Waals surface area contributed by atoms with E-state index in [2.05, 4.69) is 88.2 Å². The zero-order chi connectivity index (χ0) is 26.9. The molecule has 0 radical (unpaired) electrons. The number of halogens is 1. The van der Waals surface area contributed by atoms with Gasteiger partial charge in [0.25, 0.3) is 0 Å². The molecule has 0 aliphatic carbocycles. The van der Waals surface area contributed by atoms with Crippen molar-refractivity contribution in [3.63, 3.8) is 0 Å². The minimum Gasteiger partial charge on any atom is -0.386 e. The fraction of sp³-hybridized carbons (Fsp3) is 0.250. The second-order valence-electron chi connectivity index (χ2n) is 9.49. The average Bonchev–Trinajstić information content (AvgIpc) is 3.44. The number of nitrogens with one attached hydrogen (secondary N) is 1. The smallest absolute Gasteiger partial charge is 0.386 e. The van der Waals surface area contributed by atoms with Crippen molar-refractivity contribution in [2.75, 3.05) is 6.54 Å². The molecule has 2 unspecified atom stereocenters. The molecule has 194 valence electrons. The predicted molar refractivity (Wildman–Crippen MR) is 149 cm³/mol. The van der Waals surface area contributed by atoms with Gasteiger partial charge in [0, 0.05) is 41.9 Å². The van der Waals surface area contributed by atoms with Gasteiger partial charge in [0.05, 0.1) is 17.7 Å². The molecular formula is C32H34FN5Na+. The Balaban J connectivity index is 0.000000324. The molecule has 1 aliphatic rings. The van der Waals surface area contributed by atoms with Crippen molar-refractivity contribution in [3.8, 4) is 0 Å². The first-order chi connectivity index (χ1) is 18.4. The number of nitrogens with two attached hydrogens (primary N) is 1. The maximum absolute atomic E-state index is 12.6. The molecule has 1 fully saturated rings. The molecule has 0 spiro atoms. The normalized spacial score (nSPS) is 14.8. The Morgan fingerprint density at radius 3 is 2.72 bits per heavy atom. The molecule has 39 heavy (non-hydrogen) atoms. The number of allylic oxidation sites excluding steroid dienone is 1. The minimum atomic E-state index is -0.530. The summed E-state index contributed by atoms with van der Waals surface area (Å²) in [7, 11) is 0. The predicted octanol–water partition coefficient (Wildman–Crippen LogP) is 2.11. The van der Waals surface area contributed by atoms with E-state index in [1.807, 2.05) is 18.2 Å². The summed E-state index contributed by atoms with van der Waals surface area (Å²) in [6.07, 6.45) is 8.40. The van der Waals surface area contributed by atoms with Gasteiger partial charge in [-0.1, -0.05) is 73.4 Å². The number of aromatic nitrogens is 2. The van der Waals surface area contributed by atoms with Gasteiger partial charge in [0.2, 0.25) is 0 Å². The molecule has 5 rings (SSSR count). The minimum absolute atomic E-state index is 0. The van der Waals surface area contributed by atoms with Crippen LogP contribution in [0.15, 0.2) is 97.3 Å². The summed E-state index contributed by atoms with van der Waals surface area (Å²) < 4.78 is 12.6. The second kappa shape index (κ2) is 14.8. The van der Waals surface area contributed by atoms with E-state index >= 15 is 0 Å². The van der Waals surface area contributed by atoms with Crippen LogP contribution in [0.1, 0.15) is 42.5 Å². The fourth-order valence-electron chi connectivity index (χ4n) is 4.72. The zero-order valence-corrected chi connectivity index (χ0v) is 24.8. The number of benzene rings is 2. The van der Waals surface area contributed by atoms with Crippen LogP contribution in [-0.2, 0) is 13.0 Å². The standard InChI is InChI=1S/C25H26N3.C7H8FN2.Na/c1-19(17-22-11-6-13-24-23(22)12-7-15-26-24)28-16-8-14-25(28)20(2)27-18-21-9-4-3-5-10-21;1-5(9)6-3-2-4-10-7(6)8;/h3-7,9-13,25,27H,1-2,8,14,16-18H2;2-3,5H,9H2,1H3;/q-1;2*+1. The molecule has 1 aliphatic heterocycles. The van der Waals surface area contributed by atoms with Crippen molar-refractivity contribution in [3.05, 3.63) is 132 Å². The Morgan fingerprint density at radius 1 is 1.21 bits per heavy atom. The van der Waals surface area contributed by atoms with Gasteiger partial charge in [-0.05, 0) is 36.9 Å². The van der Waals surface area contributed by atoms with Crippen molar-refractivity contribution in [2.24, 2.45) is 5.73 Å². The average molecular weight is 531 g/mol. The van der Waals surface area contributed by atoms with Crippen LogP contribution in [0, 0.1) is 18.3 Å². The molecule has 0 bridgehead atoms. The molecule has 2 aromatic carbocycles. The zero-order valence-electron chi connectivity index (χ0n) is 22.8. The summed E-state index contributed by atoms with van der Waals surface area (Å²) >= 11 is 0. The molecule has 2 atom stereocenters. The van der Waals surface area contributed by atoms with Gasteiger partial charge in [0.15, 0.2) is 0 Å². The number of pyridine rings is 1. The van der Waals surface area contributed by atoms with Crippen LogP contribution in [0.2, 0.25) is 0 Å². The molecule has 0 amide bonds. The summed E-state index contributed by atoms with van der Waals surface area (Å²) in [4.78, 5) is 10.1. The molecule has 3 heterocycles. The van der Waals surface area contributed by atoms with Crippen LogP contribution in [0.25, 0.3) is 10.9 Å². The Bertz CT molecular complexity index is 1370. The Morgan fingerprint density at radius 2 is 2.00 bits per heavy atom. The maximum atomic E-state index is 12.6. The van der Waals surface area contributed by atoms with E-state index in [0.29, 0.717) is 11.6 Å². The molecule has 3 N–H and O–H groups in total. The van der Waals surface area contributed by atoms with Crippen LogP contribution in [0.3, 0.4) is 0 Å². The van der Waals surface area contributed by atoms with Crippen molar-refractivity contribution < 1.29 is 38.9 Å². The molecule has 2 aromatic heterocycles. The number of hydrogen-bond acceptors (Lipinski definition) is 4. The van der Waals surface area contributed by atoms with Gasteiger partial charge < -0.3 is 20.9 Å². The quantitative estimate of drug-likeness (QED) is 0.270. The summed E-state index contributed by atoms with van der Waals surface area (Å²) in [5.41, 5.74) is 11.6. The number of rotatable bonds is 8. The SMILES string of the molecule is C=C(NCc1ccccc1)C1CCCN1C(=C)Cc1cccc2n[c-]ccc12.CC(N)c1ccc#[n+]c1F.[Na+]. The van der Waals surface area contributed by atoms with Crippen molar-refractivity contribution in [1.82, 2.24) is 15.2 Å². The van der Waals surface area contributed by atoms with E-state index < -0.39 is 5.95 Å². The van der Waals surface area contributed by atoms with Crippen LogP contribution >= 0.6 is 0 Å². The first kappa shape index (κ1) is 30.3. The van der Waals surface area contributed by atoms with Crippen molar-refractivity contribution in [2.45, 2.75) is 44.8 Å². The Labute approximate surface area is 253 Å². The number of hydrogen-bond donors (Lipinski definition) is 2. The van der Waals surface area contributed by atoms with Crippen LogP contribution in [-0.4, -0.2) is 22.5 Å². The molecule has 0 saturated carbocycles. The van der Waals surface area contributed by atoms with Gasteiger partial charge in [-0.3, -0.25) is 0 Å². The van der Waals surface area contributed by atoms with E-state index in [-0.39, 0.29) is 35.6 Å². The van der Waals surface area contributed by atoms with E-state index in [9.17, 15) is 4.39 Å². The molecule has 7 heteroatoms. The largest absolute Gasteiger partial charge is 1.00 e. The van der Waals surface area contributed by atoms with E-state index in [1.165, 1.54) is 22.9 Å². The number of fused-ring (bicyclic) bond motifs is 1. The summed E-state index contributed by atoms with van der Waals surface area (Å²) in [5.74, 6) is -0.530. The van der Waals surface area contributed by atoms with Gasteiger partial charge in [-0.2, -0.15) is 12.1 Å². The summed E-state index contributed by atoms with van der Waals surface area (Å²) in [5, 5.41) is 4.71. The fourth-order valence-corrected chi connectivity index (χ4v) is 4.72. The van der Waals surface area contributed by atoms with Crippen molar-refractivity contribution in [1.29, 1.82) is 0 Å². The molecule has 1 saturated heterocycles. The first-order valence-corrected chi connectivity index (χ1v) is 12.9. The van der Waals surface area contributed by atoms with Crippen molar-refractivity contribution >= 4 is 10.9 Å². The van der Waals surface area contributed by atoms with Gasteiger partial charge >= 0.3 is 41.7 Å². The topological polar surface area (TPSA) is 68.3 Å². The van der Waals surface area contributed by atoms with E-state index in [0.717, 1.165) is 42.8 Å². The Kier molecular flexibility index (Phi) is 11.5. The molecule has 5 nitrogen and oxygen atoms in total.